The van der Waals surface area contributed by atoms with Crippen LogP contribution in [-0.2, 0) is 31.1 Å². The van der Waals surface area contributed by atoms with Gasteiger partial charge in [0, 0.05) is 23.9 Å². The molecule has 0 radical (unpaired) electrons. The molecule has 2 amide bonds. The molecule has 3 N–H and O–H groups in total. The number of fused-ring (bicyclic) bond motifs is 1. The van der Waals surface area contributed by atoms with Crippen LogP contribution in [0.5, 0.6) is 0 Å². The van der Waals surface area contributed by atoms with Gasteiger partial charge in [-0.3, -0.25) is 14.5 Å². The molecule has 1 saturated heterocycles. The van der Waals surface area contributed by atoms with Crippen LogP contribution in [0.3, 0.4) is 0 Å². The number of carboxylic acid groups (broad SMARTS) is 2. The highest BCUT2D eigenvalue weighted by Gasteiger charge is 2.54. The van der Waals surface area contributed by atoms with Crippen molar-refractivity contribution in [2.75, 3.05) is 18.1 Å². The first-order valence-corrected chi connectivity index (χ1v) is 12.6. The van der Waals surface area contributed by atoms with Gasteiger partial charge in [0.15, 0.2) is 5.71 Å². The lowest BCUT2D eigenvalue weighted by Crippen LogP contribution is -2.71. The number of nitrogens with zero attached hydrogens (tertiary/aromatic N) is 7. The van der Waals surface area contributed by atoms with E-state index in [0.29, 0.717) is 16.5 Å². The van der Waals surface area contributed by atoms with Crippen LogP contribution < -0.4 is 5.32 Å². The van der Waals surface area contributed by atoms with Crippen molar-refractivity contribution >= 4 is 64.3 Å². The lowest BCUT2D eigenvalue weighted by Gasteiger charge is -2.49. The SMILES string of the molecule is Cn1nnnc1SCC1=C(C(=O)O)N2C(=O)C(NC(=O)/C(=N\OCC(=O)O)c3cscn3)[C@H]2SC1. The summed E-state index contributed by atoms with van der Waals surface area (Å²) in [5, 5.41) is 37.1. The van der Waals surface area contributed by atoms with Gasteiger partial charge < -0.3 is 20.4 Å². The molecule has 2 aliphatic rings. The van der Waals surface area contributed by atoms with Gasteiger partial charge in [-0.05, 0) is 16.0 Å². The number of β-lactam (4-membered cyclic amide) rings is 1. The average Bonchev–Trinajstić information content (AvgIpc) is 3.49. The Hall–Kier alpha value is -3.51. The highest BCUT2D eigenvalue weighted by molar-refractivity contribution is 8.01. The van der Waals surface area contributed by atoms with Crippen LogP contribution >= 0.6 is 34.9 Å². The van der Waals surface area contributed by atoms with Crippen molar-refractivity contribution in [1.82, 2.24) is 35.4 Å². The second-order valence-electron chi connectivity index (χ2n) is 6.97. The predicted octanol–water partition coefficient (Wildman–Crippen LogP) is -0.997. The summed E-state index contributed by atoms with van der Waals surface area (Å²) in [5.74, 6) is -3.37. The highest BCUT2D eigenvalue weighted by Crippen LogP contribution is 2.41. The zero-order valence-electron chi connectivity index (χ0n) is 17.7. The van der Waals surface area contributed by atoms with Gasteiger partial charge in [0.05, 0.1) is 5.51 Å². The van der Waals surface area contributed by atoms with E-state index in [2.05, 4.69) is 35.8 Å². The number of thioether (sulfide) groups is 2. The van der Waals surface area contributed by atoms with Crippen molar-refractivity contribution in [1.29, 1.82) is 0 Å². The maximum absolute atomic E-state index is 12.9. The number of aryl methyl sites for hydroxylation is 1. The molecule has 0 aromatic carbocycles. The number of carbonyl (C=O) groups excluding carboxylic acids is 2. The number of tetrazole rings is 1. The molecule has 15 nitrogen and oxygen atoms in total. The van der Waals surface area contributed by atoms with E-state index in [1.54, 1.807) is 7.05 Å². The minimum Gasteiger partial charge on any atom is -0.479 e. The summed E-state index contributed by atoms with van der Waals surface area (Å²) < 4.78 is 1.45. The van der Waals surface area contributed by atoms with Gasteiger partial charge in [0.25, 0.3) is 11.8 Å². The molecule has 184 valence electrons. The van der Waals surface area contributed by atoms with E-state index in [-0.39, 0.29) is 22.9 Å². The van der Waals surface area contributed by atoms with Crippen LogP contribution in [0.1, 0.15) is 5.69 Å². The van der Waals surface area contributed by atoms with Gasteiger partial charge in [-0.15, -0.1) is 28.2 Å². The number of carboxylic acids is 2. The van der Waals surface area contributed by atoms with E-state index < -0.39 is 41.8 Å². The van der Waals surface area contributed by atoms with Crippen molar-refractivity contribution < 1.29 is 34.2 Å². The molecule has 18 heteroatoms. The molecule has 0 aliphatic carbocycles. The Morgan fingerprint density at radius 2 is 2.17 bits per heavy atom. The molecule has 4 heterocycles. The fraction of sp³-hybridized carbons (Fsp3) is 0.353. The Kier molecular flexibility index (Phi) is 7.31. The number of aliphatic carboxylic acids is 2. The summed E-state index contributed by atoms with van der Waals surface area (Å²) >= 11 is 3.72. The second kappa shape index (κ2) is 10.4. The first kappa shape index (κ1) is 24.6. The van der Waals surface area contributed by atoms with E-state index in [0.717, 1.165) is 4.90 Å². The summed E-state index contributed by atoms with van der Waals surface area (Å²) in [6.07, 6.45) is 0. The number of aromatic nitrogens is 5. The number of thiazole rings is 1. The minimum absolute atomic E-state index is 0.134. The van der Waals surface area contributed by atoms with E-state index in [1.165, 1.54) is 50.4 Å². The molecule has 2 aromatic heterocycles. The van der Waals surface area contributed by atoms with Crippen molar-refractivity contribution in [3.63, 3.8) is 0 Å². The number of hydrogen-bond donors (Lipinski definition) is 3. The Bertz CT molecular complexity index is 1230. The second-order valence-corrected chi connectivity index (χ2v) is 9.74. The quantitative estimate of drug-likeness (QED) is 0.143. The highest BCUT2D eigenvalue weighted by atomic mass is 32.2. The standard InChI is InChI=1S/C17H16N8O7S3/c1-24-17(20-22-23-24)35-4-7-3-34-15-11(14(29)25(15)12(7)16(30)31)19-13(28)10(8-5-33-6-18-8)21-32-2-9(26)27/h5-6,11,15H,2-4H2,1H3,(H,19,28)(H,26,27)(H,30,31)/b21-10-/t11?,15-/m1/s1. The lowest BCUT2D eigenvalue weighted by atomic mass is 10.0. The Labute approximate surface area is 208 Å². The summed E-state index contributed by atoms with van der Waals surface area (Å²) in [6.45, 7) is -0.770. The van der Waals surface area contributed by atoms with Crippen molar-refractivity contribution in [3.05, 3.63) is 27.9 Å². The zero-order valence-corrected chi connectivity index (χ0v) is 20.2. The third-order valence-electron chi connectivity index (χ3n) is 4.73. The summed E-state index contributed by atoms with van der Waals surface area (Å²) in [7, 11) is 1.66. The number of oxime groups is 1. The lowest BCUT2D eigenvalue weighted by molar-refractivity contribution is -0.150. The van der Waals surface area contributed by atoms with Gasteiger partial charge in [-0.2, -0.15) is 0 Å². The third kappa shape index (κ3) is 5.13. The molecule has 2 aliphatic heterocycles. The summed E-state index contributed by atoms with van der Waals surface area (Å²) in [6, 6.07) is -1.01. The predicted molar refractivity (Wildman–Crippen MR) is 121 cm³/mol. The van der Waals surface area contributed by atoms with Gasteiger partial charge in [-0.1, -0.05) is 16.9 Å². The number of nitrogens with one attached hydrogen (secondary N) is 1. The largest absolute Gasteiger partial charge is 0.479 e. The zero-order chi connectivity index (χ0) is 25.1. The van der Waals surface area contributed by atoms with Gasteiger partial charge in [0.1, 0.15) is 22.8 Å². The molecular weight excluding hydrogens is 524 g/mol. The van der Waals surface area contributed by atoms with Crippen molar-refractivity contribution in [2.45, 2.75) is 16.6 Å². The minimum atomic E-state index is -1.28. The molecule has 35 heavy (non-hydrogen) atoms. The molecule has 0 spiro atoms. The first-order chi connectivity index (χ1) is 16.8. The molecular formula is C17H16N8O7S3. The van der Waals surface area contributed by atoms with Gasteiger partial charge >= 0.3 is 11.9 Å². The fourth-order valence-corrected chi connectivity index (χ4v) is 6.06. The smallest absolute Gasteiger partial charge is 0.352 e. The molecule has 2 atom stereocenters. The number of amides is 2. The van der Waals surface area contributed by atoms with Crippen LogP contribution in [0.4, 0.5) is 0 Å². The van der Waals surface area contributed by atoms with E-state index in [1.807, 2.05) is 0 Å². The fourth-order valence-electron chi connectivity index (χ4n) is 3.19. The molecule has 0 bridgehead atoms. The van der Waals surface area contributed by atoms with E-state index >= 15 is 0 Å². The molecule has 1 fully saturated rings. The molecule has 4 rings (SSSR count). The van der Waals surface area contributed by atoms with Gasteiger partial charge in [-0.25, -0.2) is 19.3 Å². The Morgan fingerprint density at radius 3 is 2.80 bits per heavy atom. The molecule has 0 saturated carbocycles. The first-order valence-electron chi connectivity index (χ1n) is 9.64. The topological polar surface area (TPSA) is 202 Å². The van der Waals surface area contributed by atoms with Crippen LogP contribution in [0.25, 0.3) is 0 Å². The number of rotatable bonds is 10. The normalized spacial score (nSPS) is 19.7. The monoisotopic (exact) mass is 540 g/mol. The Morgan fingerprint density at radius 1 is 1.37 bits per heavy atom. The maximum atomic E-state index is 12.9. The van der Waals surface area contributed by atoms with E-state index in [4.69, 9.17) is 5.11 Å². The number of carbonyl (C=O) groups is 4. The van der Waals surface area contributed by atoms with Gasteiger partial charge in [0.2, 0.25) is 11.8 Å². The van der Waals surface area contributed by atoms with Crippen LogP contribution in [-0.4, -0.2) is 99.3 Å². The molecule has 2 aromatic rings. The van der Waals surface area contributed by atoms with Crippen LogP contribution in [0.2, 0.25) is 0 Å². The van der Waals surface area contributed by atoms with Crippen molar-refractivity contribution in [3.8, 4) is 0 Å². The van der Waals surface area contributed by atoms with Crippen LogP contribution in [0, 0.1) is 0 Å². The number of hydrogen-bond acceptors (Lipinski definition) is 13. The Balaban J connectivity index is 1.48. The average molecular weight is 541 g/mol. The third-order valence-corrected chi connectivity index (χ3v) is 7.75. The van der Waals surface area contributed by atoms with Crippen molar-refractivity contribution in [2.24, 2.45) is 12.2 Å². The molecule has 1 unspecified atom stereocenters. The summed E-state index contributed by atoms with van der Waals surface area (Å²) in [4.78, 5) is 58.2. The van der Waals surface area contributed by atoms with Crippen LogP contribution in [0.15, 0.2) is 32.5 Å². The summed E-state index contributed by atoms with van der Waals surface area (Å²) in [5.41, 5.74) is 1.68. The maximum Gasteiger partial charge on any atom is 0.352 e. The van der Waals surface area contributed by atoms with E-state index in [9.17, 15) is 24.3 Å².